The summed E-state index contributed by atoms with van der Waals surface area (Å²) >= 11 is 2.14. The molecule has 2 saturated heterocycles. The van der Waals surface area contributed by atoms with Crippen molar-refractivity contribution in [1.82, 2.24) is 10.2 Å². The van der Waals surface area contributed by atoms with Gasteiger partial charge in [0.2, 0.25) is 0 Å². The first-order valence-corrected chi connectivity index (χ1v) is 6.99. The Morgan fingerprint density at radius 3 is 2.93 bits per heavy atom. The standard InChI is InChI=1S/C11H22N2S/c1-9-7-13(10(2)6-12-9)11-4-3-5-14-8-11/h9-12H,3-8H2,1-2H3. The first-order chi connectivity index (χ1) is 6.77. The lowest BCUT2D eigenvalue weighted by atomic mass is 10.0. The molecule has 0 aromatic carbocycles. The van der Waals surface area contributed by atoms with E-state index in [0.717, 1.165) is 12.1 Å². The van der Waals surface area contributed by atoms with Gasteiger partial charge in [0.05, 0.1) is 0 Å². The molecule has 0 amide bonds. The van der Waals surface area contributed by atoms with Crippen LogP contribution in [0.15, 0.2) is 0 Å². The van der Waals surface area contributed by atoms with E-state index in [4.69, 9.17) is 0 Å². The highest BCUT2D eigenvalue weighted by atomic mass is 32.2. The molecule has 0 saturated carbocycles. The number of hydrogen-bond donors (Lipinski definition) is 1. The van der Waals surface area contributed by atoms with Gasteiger partial charge in [-0.15, -0.1) is 0 Å². The van der Waals surface area contributed by atoms with Crippen LogP contribution in [0, 0.1) is 0 Å². The minimum atomic E-state index is 0.679. The van der Waals surface area contributed by atoms with Crippen molar-refractivity contribution in [3.05, 3.63) is 0 Å². The smallest absolute Gasteiger partial charge is 0.0196 e. The lowest BCUT2D eigenvalue weighted by Crippen LogP contribution is -2.58. The second-order valence-electron chi connectivity index (χ2n) is 4.73. The monoisotopic (exact) mass is 214 g/mol. The van der Waals surface area contributed by atoms with Gasteiger partial charge in [-0.25, -0.2) is 0 Å². The van der Waals surface area contributed by atoms with Gasteiger partial charge in [-0.3, -0.25) is 4.90 Å². The van der Waals surface area contributed by atoms with E-state index >= 15 is 0 Å². The number of piperazine rings is 1. The van der Waals surface area contributed by atoms with E-state index in [1.165, 1.54) is 37.4 Å². The van der Waals surface area contributed by atoms with Crippen molar-refractivity contribution in [2.45, 2.75) is 44.8 Å². The molecule has 0 aromatic rings. The summed E-state index contributed by atoms with van der Waals surface area (Å²) in [6.07, 6.45) is 2.84. The van der Waals surface area contributed by atoms with Crippen molar-refractivity contribution in [1.29, 1.82) is 0 Å². The summed E-state index contributed by atoms with van der Waals surface area (Å²) in [6.45, 7) is 7.07. The molecule has 2 rings (SSSR count). The number of rotatable bonds is 1. The van der Waals surface area contributed by atoms with E-state index < -0.39 is 0 Å². The molecule has 0 spiro atoms. The number of nitrogens with one attached hydrogen (secondary N) is 1. The summed E-state index contributed by atoms with van der Waals surface area (Å²) in [5, 5.41) is 3.55. The third kappa shape index (κ3) is 2.44. The first kappa shape index (κ1) is 10.8. The highest BCUT2D eigenvalue weighted by Gasteiger charge is 2.29. The van der Waals surface area contributed by atoms with Gasteiger partial charge in [-0.2, -0.15) is 11.8 Å². The highest BCUT2D eigenvalue weighted by Crippen LogP contribution is 2.24. The van der Waals surface area contributed by atoms with E-state index in [0.29, 0.717) is 6.04 Å². The second-order valence-corrected chi connectivity index (χ2v) is 5.88. The molecule has 0 aliphatic carbocycles. The Morgan fingerprint density at radius 2 is 2.21 bits per heavy atom. The fourth-order valence-electron chi connectivity index (χ4n) is 2.54. The van der Waals surface area contributed by atoms with Crippen LogP contribution in [0.1, 0.15) is 26.7 Å². The van der Waals surface area contributed by atoms with Gasteiger partial charge in [0, 0.05) is 37.0 Å². The summed E-state index contributed by atoms with van der Waals surface area (Å²) in [7, 11) is 0. The summed E-state index contributed by atoms with van der Waals surface area (Å²) < 4.78 is 0. The van der Waals surface area contributed by atoms with E-state index in [2.05, 4.69) is 35.8 Å². The molecule has 3 heteroatoms. The SMILES string of the molecule is CC1CN(C2CCCSC2)C(C)CN1. The van der Waals surface area contributed by atoms with Crippen LogP contribution >= 0.6 is 11.8 Å². The van der Waals surface area contributed by atoms with Crippen LogP contribution in [0.25, 0.3) is 0 Å². The third-order valence-corrected chi connectivity index (χ3v) is 4.62. The van der Waals surface area contributed by atoms with Gasteiger partial charge >= 0.3 is 0 Å². The molecule has 0 aromatic heterocycles. The predicted molar refractivity (Wildman–Crippen MR) is 64.0 cm³/mol. The largest absolute Gasteiger partial charge is 0.311 e. The Kier molecular flexibility index (Phi) is 3.74. The van der Waals surface area contributed by atoms with Gasteiger partial charge in [0.15, 0.2) is 0 Å². The Bertz CT molecular complexity index is 180. The van der Waals surface area contributed by atoms with Crippen molar-refractivity contribution in [2.24, 2.45) is 0 Å². The van der Waals surface area contributed by atoms with Crippen LogP contribution < -0.4 is 5.32 Å². The molecule has 2 aliphatic rings. The fraction of sp³-hybridized carbons (Fsp3) is 1.00. The number of thioether (sulfide) groups is 1. The van der Waals surface area contributed by atoms with Gasteiger partial charge in [-0.05, 0) is 32.4 Å². The van der Waals surface area contributed by atoms with Crippen LogP contribution in [0.4, 0.5) is 0 Å². The molecular formula is C11H22N2S. The van der Waals surface area contributed by atoms with Crippen molar-refractivity contribution < 1.29 is 0 Å². The van der Waals surface area contributed by atoms with Gasteiger partial charge < -0.3 is 5.32 Å². The average Bonchev–Trinajstić information content (AvgIpc) is 2.23. The van der Waals surface area contributed by atoms with Gasteiger partial charge in [0.25, 0.3) is 0 Å². The topological polar surface area (TPSA) is 15.3 Å². The van der Waals surface area contributed by atoms with E-state index in [1.54, 1.807) is 0 Å². The average molecular weight is 214 g/mol. The van der Waals surface area contributed by atoms with Crippen LogP contribution in [-0.4, -0.2) is 47.6 Å². The van der Waals surface area contributed by atoms with Gasteiger partial charge in [-0.1, -0.05) is 0 Å². The Hall–Kier alpha value is 0.270. The van der Waals surface area contributed by atoms with E-state index in [1.807, 2.05) is 0 Å². The highest BCUT2D eigenvalue weighted by molar-refractivity contribution is 7.99. The predicted octanol–water partition coefficient (Wildman–Crippen LogP) is 1.56. The van der Waals surface area contributed by atoms with Crippen LogP contribution in [-0.2, 0) is 0 Å². The summed E-state index contributed by atoms with van der Waals surface area (Å²) in [5.74, 6) is 2.74. The zero-order valence-corrected chi connectivity index (χ0v) is 10.1. The zero-order chi connectivity index (χ0) is 9.97. The molecule has 1 N–H and O–H groups in total. The maximum atomic E-state index is 3.55. The molecular weight excluding hydrogens is 192 g/mol. The zero-order valence-electron chi connectivity index (χ0n) is 9.33. The Balaban J connectivity index is 1.92. The number of hydrogen-bond acceptors (Lipinski definition) is 3. The summed E-state index contributed by atoms with van der Waals surface area (Å²) in [5.41, 5.74) is 0. The molecule has 3 unspecified atom stereocenters. The maximum Gasteiger partial charge on any atom is 0.0196 e. The van der Waals surface area contributed by atoms with Crippen molar-refractivity contribution in [3.63, 3.8) is 0 Å². The van der Waals surface area contributed by atoms with Crippen molar-refractivity contribution in [3.8, 4) is 0 Å². The normalized spacial score (nSPS) is 41.1. The lowest BCUT2D eigenvalue weighted by Gasteiger charge is -2.43. The number of nitrogens with zero attached hydrogens (tertiary/aromatic N) is 1. The first-order valence-electron chi connectivity index (χ1n) is 5.84. The summed E-state index contributed by atoms with van der Waals surface area (Å²) in [6, 6.07) is 2.27. The molecule has 0 radical (unpaired) electrons. The molecule has 3 atom stereocenters. The fourth-order valence-corrected chi connectivity index (χ4v) is 3.71. The quantitative estimate of drug-likeness (QED) is 0.713. The van der Waals surface area contributed by atoms with E-state index in [-0.39, 0.29) is 0 Å². The minimum absolute atomic E-state index is 0.679. The van der Waals surface area contributed by atoms with Crippen LogP contribution in [0.5, 0.6) is 0 Å². The van der Waals surface area contributed by atoms with Crippen LogP contribution in [0.3, 0.4) is 0 Å². The maximum absolute atomic E-state index is 3.55. The molecule has 2 fully saturated rings. The van der Waals surface area contributed by atoms with E-state index in [9.17, 15) is 0 Å². The van der Waals surface area contributed by atoms with Gasteiger partial charge in [0.1, 0.15) is 0 Å². The van der Waals surface area contributed by atoms with Crippen molar-refractivity contribution >= 4 is 11.8 Å². The molecule has 2 aliphatic heterocycles. The lowest BCUT2D eigenvalue weighted by molar-refractivity contribution is 0.0993. The molecule has 14 heavy (non-hydrogen) atoms. The molecule has 0 bridgehead atoms. The summed E-state index contributed by atoms with van der Waals surface area (Å²) in [4.78, 5) is 2.73. The third-order valence-electron chi connectivity index (χ3n) is 3.42. The Labute approximate surface area is 91.8 Å². The Morgan fingerprint density at radius 1 is 1.36 bits per heavy atom. The second kappa shape index (κ2) is 4.86. The minimum Gasteiger partial charge on any atom is -0.311 e. The molecule has 2 heterocycles. The molecule has 82 valence electrons. The van der Waals surface area contributed by atoms with Crippen molar-refractivity contribution in [2.75, 3.05) is 24.6 Å². The van der Waals surface area contributed by atoms with Crippen LogP contribution in [0.2, 0.25) is 0 Å². The molecule has 2 nitrogen and oxygen atoms in total.